The van der Waals surface area contributed by atoms with E-state index in [4.69, 9.17) is 4.74 Å². The van der Waals surface area contributed by atoms with Crippen LogP contribution >= 0.6 is 15.9 Å². The van der Waals surface area contributed by atoms with E-state index in [0.717, 1.165) is 38.4 Å². The third kappa shape index (κ3) is 2.38. The molecule has 0 amide bonds. The molecule has 0 spiro atoms. The lowest BCUT2D eigenvalue weighted by molar-refractivity contribution is 0.412. The van der Waals surface area contributed by atoms with Crippen LogP contribution in [-0.4, -0.2) is 24.4 Å². The third-order valence-electron chi connectivity index (χ3n) is 3.54. The van der Waals surface area contributed by atoms with Crippen molar-refractivity contribution < 1.29 is 4.74 Å². The lowest BCUT2D eigenvalue weighted by atomic mass is 9.96. The summed E-state index contributed by atoms with van der Waals surface area (Å²) in [6.45, 7) is 6.19. The Kier molecular flexibility index (Phi) is 4.28. The van der Waals surface area contributed by atoms with Gasteiger partial charge in [0.1, 0.15) is 11.6 Å². The summed E-state index contributed by atoms with van der Waals surface area (Å²) < 4.78 is 6.69. The average molecular weight is 336 g/mol. The summed E-state index contributed by atoms with van der Waals surface area (Å²) in [4.78, 5) is 0. The highest BCUT2D eigenvalue weighted by Gasteiger charge is 2.19. The van der Waals surface area contributed by atoms with E-state index in [1.807, 2.05) is 19.2 Å². The number of ether oxygens (including phenoxy) is 1. The maximum Gasteiger partial charge on any atom is 0.148 e. The predicted octanol–water partition coefficient (Wildman–Crippen LogP) is 3.88. The first-order chi connectivity index (χ1) is 9.51. The summed E-state index contributed by atoms with van der Waals surface area (Å²) in [7, 11) is 3.51. The molecule has 0 bridgehead atoms. The number of nitrogens with zero attached hydrogens (tertiary/aromatic N) is 2. The van der Waals surface area contributed by atoms with Crippen molar-refractivity contribution >= 4 is 21.7 Å². The fourth-order valence-corrected chi connectivity index (χ4v) is 2.74. The molecule has 1 N–H and O–H groups in total. The first-order valence-electron chi connectivity index (χ1n) is 6.36. The number of methoxy groups -OCH3 is 1. The quantitative estimate of drug-likeness (QED) is 0.924. The molecular weight excluding hydrogens is 318 g/mol. The van der Waals surface area contributed by atoms with Gasteiger partial charge in [0.25, 0.3) is 0 Å². The minimum Gasteiger partial charge on any atom is -0.496 e. The Morgan fingerprint density at radius 2 is 1.75 bits per heavy atom. The van der Waals surface area contributed by atoms with Crippen LogP contribution in [0.3, 0.4) is 0 Å². The van der Waals surface area contributed by atoms with Crippen LogP contribution < -0.4 is 10.1 Å². The number of rotatable bonds is 3. The standard InChI is InChI=1S/C15H18BrN3O/c1-8-9(2)15(20-5)13(10(3)14(8)16)11-6-7-12(17-4)19-18-11/h6-7H,1-5H3,(H,17,19). The van der Waals surface area contributed by atoms with Crippen molar-refractivity contribution in [3.05, 3.63) is 33.3 Å². The Bertz CT molecular complexity index is 639. The van der Waals surface area contributed by atoms with E-state index >= 15 is 0 Å². The number of nitrogens with one attached hydrogen (secondary N) is 1. The molecule has 0 unspecified atom stereocenters. The molecule has 2 aromatic rings. The Hall–Kier alpha value is -1.62. The van der Waals surface area contributed by atoms with Crippen LogP contribution in [0.25, 0.3) is 11.3 Å². The Morgan fingerprint density at radius 1 is 1.05 bits per heavy atom. The summed E-state index contributed by atoms with van der Waals surface area (Å²) in [5, 5.41) is 11.4. The van der Waals surface area contributed by atoms with Gasteiger partial charge in [0.15, 0.2) is 0 Å². The summed E-state index contributed by atoms with van der Waals surface area (Å²) >= 11 is 3.65. The Morgan fingerprint density at radius 3 is 2.25 bits per heavy atom. The van der Waals surface area contributed by atoms with E-state index in [2.05, 4.69) is 52.2 Å². The van der Waals surface area contributed by atoms with Gasteiger partial charge >= 0.3 is 0 Å². The van der Waals surface area contributed by atoms with Crippen molar-refractivity contribution in [3.63, 3.8) is 0 Å². The van der Waals surface area contributed by atoms with Gasteiger partial charge in [0.05, 0.1) is 12.8 Å². The summed E-state index contributed by atoms with van der Waals surface area (Å²) in [5.41, 5.74) is 5.19. The van der Waals surface area contributed by atoms with Crippen molar-refractivity contribution in [1.82, 2.24) is 10.2 Å². The Balaban J connectivity index is 2.71. The first-order valence-corrected chi connectivity index (χ1v) is 7.15. The highest BCUT2D eigenvalue weighted by molar-refractivity contribution is 9.10. The molecule has 0 aliphatic heterocycles. The van der Waals surface area contributed by atoms with Gasteiger partial charge < -0.3 is 10.1 Å². The molecule has 0 saturated heterocycles. The number of aromatic nitrogens is 2. The molecule has 1 aromatic carbocycles. The monoisotopic (exact) mass is 335 g/mol. The smallest absolute Gasteiger partial charge is 0.148 e. The van der Waals surface area contributed by atoms with Gasteiger partial charge in [-0.1, -0.05) is 15.9 Å². The maximum absolute atomic E-state index is 5.60. The van der Waals surface area contributed by atoms with Crippen LogP contribution in [0.15, 0.2) is 16.6 Å². The number of anilines is 1. The van der Waals surface area contributed by atoms with E-state index in [0.29, 0.717) is 0 Å². The highest BCUT2D eigenvalue weighted by Crippen LogP contribution is 2.41. The molecule has 0 fully saturated rings. The van der Waals surface area contributed by atoms with Crippen molar-refractivity contribution in [2.45, 2.75) is 20.8 Å². The molecule has 0 atom stereocenters. The topological polar surface area (TPSA) is 47.0 Å². The molecular formula is C15H18BrN3O. The summed E-state index contributed by atoms with van der Waals surface area (Å²) in [6.07, 6.45) is 0. The fraction of sp³-hybridized carbons (Fsp3) is 0.333. The molecule has 2 rings (SSSR count). The first kappa shape index (κ1) is 14.8. The number of hydrogen-bond acceptors (Lipinski definition) is 4. The summed E-state index contributed by atoms with van der Waals surface area (Å²) in [6, 6.07) is 3.86. The van der Waals surface area contributed by atoms with E-state index < -0.39 is 0 Å². The highest BCUT2D eigenvalue weighted by atomic mass is 79.9. The van der Waals surface area contributed by atoms with Crippen molar-refractivity contribution in [2.24, 2.45) is 0 Å². The van der Waals surface area contributed by atoms with Gasteiger partial charge in [0, 0.05) is 17.1 Å². The molecule has 1 aromatic heterocycles. The van der Waals surface area contributed by atoms with Crippen molar-refractivity contribution in [1.29, 1.82) is 0 Å². The Labute approximate surface area is 127 Å². The van der Waals surface area contributed by atoms with E-state index in [1.165, 1.54) is 5.56 Å². The molecule has 20 heavy (non-hydrogen) atoms. The van der Waals surface area contributed by atoms with Gasteiger partial charge in [0.2, 0.25) is 0 Å². The van der Waals surface area contributed by atoms with Crippen LogP contribution in [0.1, 0.15) is 16.7 Å². The zero-order valence-corrected chi connectivity index (χ0v) is 13.9. The van der Waals surface area contributed by atoms with Gasteiger partial charge in [-0.25, -0.2) is 0 Å². The van der Waals surface area contributed by atoms with Crippen LogP contribution in [-0.2, 0) is 0 Å². The van der Waals surface area contributed by atoms with Crippen molar-refractivity contribution in [2.75, 3.05) is 19.5 Å². The molecule has 5 heteroatoms. The molecule has 0 saturated carbocycles. The lowest BCUT2D eigenvalue weighted by Crippen LogP contribution is -2.01. The van der Waals surface area contributed by atoms with E-state index in [-0.39, 0.29) is 0 Å². The number of benzene rings is 1. The average Bonchev–Trinajstić information content (AvgIpc) is 2.48. The minimum atomic E-state index is 0.744. The normalized spacial score (nSPS) is 10.5. The third-order valence-corrected chi connectivity index (χ3v) is 4.73. The number of hydrogen-bond donors (Lipinski definition) is 1. The van der Waals surface area contributed by atoms with Crippen LogP contribution in [0.2, 0.25) is 0 Å². The molecule has 0 aliphatic carbocycles. The second-order valence-corrected chi connectivity index (χ2v) is 5.44. The second kappa shape index (κ2) is 5.79. The SMILES string of the molecule is CNc1ccc(-c2c(C)c(Br)c(C)c(C)c2OC)nn1. The van der Waals surface area contributed by atoms with Crippen LogP contribution in [0, 0.1) is 20.8 Å². The van der Waals surface area contributed by atoms with E-state index in [9.17, 15) is 0 Å². The van der Waals surface area contributed by atoms with E-state index in [1.54, 1.807) is 7.11 Å². The number of halogens is 1. The minimum absolute atomic E-state index is 0.744. The molecule has 0 radical (unpaired) electrons. The molecule has 1 heterocycles. The van der Waals surface area contributed by atoms with Gasteiger partial charge in [-0.05, 0) is 49.6 Å². The maximum atomic E-state index is 5.60. The molecule has 106 valence electrons. The zero-order valence-electron chi connectivity index (χ0n) is 12.3. The molecule has 4 nitrogen and oxygen atoms in total. The van der Waals surface area contributed by atoms with Gasteiger partial charge in [-0.15, -0.1) is 10.2 Å². The van der Waals surface area contributed by atoms with Gasteiger partial charge in [-0.3, -0.25) is 0 Å². The largest absolute Gasteiger partial charge is 0.496 e. The van der Waals surface area contributed by atoms with Crippen molar-refractivity contribution in [3.8, 4) is 17.0 Å². The second-order valence-electron chi connectivity index (χ2n) is 4.65. The summed E-state index contributed by atoms with van der Waals surface area (Å²) in [5.74, 6) is 1.60. The molecule has 0 aliphatic rings. The van der Waals surface area contributed by atoms with Crippen LogP contribution in [0.5, 0.6) is 5.75 Å². The van der Waals surface area contributed by atoms with Gasteiger partial charge in [-0.2, -0.15) is 0 Å². The lowest BCUT2D eigenvalue weighted by Gasteiger charge is -2.18. The zero-order chi connectivity index (χ0) is 14.9. The fourth-order valence-electron chi connectivity index (χ4n) is 2.25. The van der Waals surface area contributed by atoms with Crippen LogP contribution in [0.4, 0.5) is 5.82 Å². The predicted molar refractivity (Wildman–Crippen MR) is 85.5 cm³/mol.